The summed E-state index contributed by atoms with van der Waals surface area (Å²) in [6.45, 7) is 2.12. The number of hydrogen-bond donors (Lipinski definition) is 1. The number of aromatic nitrogens is 1. The Bertz CT molecular complexity index is 655. The van der Waals surface area contributed by atoms with Gasteiger partial charge in [0.05, 0.1) is 10.2 Å². The van der Waals surface area contributed by atoms with Crippen molar-refractivity contribution in [3.05, 3.63) is 35.9 Å². The van der Waals surface area contributed by atoms with Gasteiger partial charge in [-0.2, -0.15) is 0 Å². The maximum Gasteiger partial charge on any atom is 0.181 e. The molecule has 1 heterocycles. The average molecular weight is 214 g/mol. The molecule has 3 aromatic rings. The van der Waals surface area contributed by atoms with Gasteiger partial charge in [0, 0.05) is 5.39 Å². The van der Waals surface area contributed by atoms with Gasteiger partial charge in [-0.15, -0.1) is 0 Å². The molecule has 2 aromatic carbocycles. The molecule has 0 unspecified atom stereocenters. The second-order valence-electron chi connectivity index (χ2n) is 3.64. The van der Waals surface area contributed by atoms with Crippen molar-refractivity contribution < 1.29 is 0 Å². The van der Waals surface area contributed by atoms with Crippen molar-refractivity contribution >= 4 is 37.5 Å². The first-order valence-electron chi connectivity index (χ1n) is 4.80. The van der Waals surface area contributed by atoms with Gasteiger partial charge in [-0.05, 0) is 23.9 Å². The number of thiazole rings is 1. The highest BCUT2D eigenvalue weighted by Gasteiger charge is 2.07. The smallest absolute Gasteiger partial charge is 0.181 e. The van der Waals surface area contributed by atoms with Gasteiger partial charge in [0.1, 0.15) is 0 Å². The molecule has 0 aliphatic rings. The van der Waals surface area contributed by atoms with Gasteiger partial charge in [0.15, 0.2) is 5.13 Å². The normalized spacial score (nSPS) is 11.3. The van der Waals surface area contributed by atoms with Crippen LogP contribution in [-0.4, -0.2) is 4.98 Å². The number of nitrogens with two attached hydrogens (primary N) is 1. The van der Waals surface area contributed by atoms with Crippen molar-refractivity contribution in [2.45, 2.75) is 6.92 Å². The molecule has 0 saturated heterocycles. The average Bonchev–Trinajstić information content (AvgIpc) is 2.59. The number of rotatable bonds is 0. The van der Waals surface area contributed by atoms with E-state index in [-0.39, 0.29) is 0 Å². The number of nitrogens with zero attached hydrogens (tertiary/aromatic N) is 1. The van der Waals surface area contributed by atoms with Gasteiger partial charge in [0.25, 0.3) is 0 Å². The summed E-state index contributed by atoms with van der Waals surface area (Å²) >= 11 is 1.55. The van der Waals surface area contributed by atoms with E-state index in [1.54, 1.807) is 11.3 Å². The second-order valence-corrected chi connectivity index (χ2v) is 4.70. The summed E-state index contributed by atoms with van der Waals surface area (Å²) in [5.74, 6) is 0. The molecule has 0 spiro atoms. The van der Waals surface area contributed by atoms with Gasteiger partial charge in [-0.1, -0.05) is 35.6 Å². The molecule has 3 heteroatoms. The third-order valence-corrected chi connectivity index (χ3v) is 3.46. The van der Waals surface area contributed by atoms with Gasteiger partial charge < -0.3 is 5.73 Å². The van der Waals surface area contributed by atoms with E-state index >= 15 is 0 Å². The Morgan fingerprint density at radius 3 is 2.73 bits per heavy atom. The number of hydrogen-bond acceptors (Lipinski definition) is 3. The van der Waals surface area contributed by atoms with Crippen LogP contribution in [0.25, 0.3) is 21.0 Å². The van der Waals surface area contributed by atoms with E-state index in [4.69, 9.17) is 5.73 Å². The molecule has 1 aromatic heterocycles. The van der Waals surface area contributed by atoms with Crippen molar-refractivity contribution in [2.24, 2.45) is 0 Å². The zero-order valence-electron chi connectivity index (χ0n) is 8.32. The molecule has 0 bridgehead atoms. The quantitative estimate of drug-likeness (QED) is 0.623. The van der Waals surface area contributed by atoms with Crippen LogP contribution in [0.2, 0.25) is 0 Å². The predicted molar refractivity (Wildman–Crippen MR) is 66.3 cm³/mol. The molecule has 0 aliphatic heterocycles. The monoisotopic (exact) mass is 214 g/mol. The van der Waals surface area contributed by atoms with E-state index in [9.17, 15) is 0 Å². The molecule has 74 valence electrons. The maximum atomic E-state index is 5.74. The Labute approximate surface area is 91.4 Å². The Morgan fingerprint density at radius 1 is 1.20 bits per heavy atom. The molecular formula is C12H10N2S. The first-order valence-corrected chi connectivity index (χ1v) is 5.62. The number of anilines is 1. The molecule has 15 heavy (non-hydrogen) atoms. The summed E-state index contributed by atoms with van der Waals surface area (Å²) in [5.41, 5.74) is 8.05. The largest absolute Gasteiger partial charge is 0.375 e. The zero-order valence-corrected chi connectivity index (χ0v) is 9.14. The van der Waals surface area contributed by atoms with Crippen molar-refractivity contribution in [2.75, 3.05) is 5.73 Å². The number of nitrogen functional groups attached to an aromatic ring is 1. The van der Waals surface area contributed by atoms with Crippen LogP contribution >= 0.6 is 11.3 Å². The molecule has 2 nitrogen and oxygen atoms in total. The highest BCUT2D eigenvalue weighted by molar-refractivity contribution is 7.22. The lowest BCUT2D eigenvalue weighted by Gasteiger charge is -2.01. The Hall–Kier alpha value is -1.61. The molecule has 0 amide bonds. The van der Waals surface area contributed by atoms with Crippen LogP contribution in [0.3, 0.4) is 0 Å². The summed E-state index contributed by atoms with van der Waals surface area (Å²) in [4.78, 5) is 4.38. The zero-order chi connectivity index (χ0) is 10.4. The lowest BCUT2D eigenvalue weighted by Crippen LogP contribution is -1.82. The first-order chi connectivity index (χ1) is 7.25. The Balaban J connectivity index is 2.62. The van der Waals surface area contributed by atoms with E-state index in [2.05, 4.69) is 36.2 Å². The van der Waals surface area contributed by atoms with Crippen LogP contribution in [0.1, 0.15) is 5.56 Å². The fourth-order valence-electron chi connectivity index (χ4n) is 1.95. The van der Waals surface area contributed by atoms with E-state index in [0.717, 1.165) is 5.52 Å². The van der Waals surface area contributed by atoms with Crippen LogP contribution in [0.15, 0.2) is 30.3 Å². The third kappa shape index (κ3) is 1.20. The molecular weight excluding hydrogens is 204 g/mol. The van der Waals surface area contributed by atoms with E-state index < -0.39 is 0 Å². The lowest BCUT2D eigenvalue weighted by molar-refractivity contribution is 1.50. The molecule has 3 rings (SSSR count). The third-order valence-electron chi connectivity index (χ3n) is 2.62. The SMILES string of the molecule is Cc1cc2sc(N)nc2c2ccccc12. The van der Waals surface area contributed by atoms with E-state index in [1.165, 1.54) is 21.0 Å². The van der Waals surface area contributed by atoms with Crippen LogP contribution in [-0.2, 0) is 0 Å². The maximum absolute atomic E-state index is 5.74. The standard InChI is InChI=1S/C12H10N2S/c1-7-6-10-11(14-12(13)15-10)9-5-3-2-4-8(7)9/h2-6H,1H3,(H2,13,14). The van der Waals surface area contributed by atoms with E-state index in [1.807, 2.05) is 6.07 Å². The highest BCUT2D eigenvalue weighted by Crippen LogP contribution is 2.32. The Kier molecular flexibility index (Phi) is 1.70. The van der Waals surface area contributed by atoms with Crippen molar-refractivity contribution in [1.82, 2.24) is 4.98 Å². The minimum atomic E-state index is 0.640. The summed E-state index contributed by atoms with van der Waals surface area (Å²) in [6, 6.07) is 10.5. The highest BCUT2D eigenvalue weighted by atomic mass is 32.1. The molecule has 0 atom stereocenters. The molecule has 0 saturated carbocycles. The van der Waals surface area contributed by atoms with Crippen LogP contribution in [0, 0.1) is 6.92 Å². The molecule has 0 fully saturated rings. The van der Waals surface area contributed by atoms with Crippen LogP contribution < -0.4 is 5.73 Å². The summed E-state index contributed by atoms with van der Waals surface area (Å²) in [7, 11) is 0. The fourth-order valence-corrected chi connectivity index (χ4v) is 2.80. The summed E-state index contributed by atoms with van der Waals surface area (Å²) in [5, 5.41) is 3.09. The Morgan fingerprint density at radius 2 is 1.93 bits per heavy atom. The van der Waals surface area contributed by atoms with Crippen molar-refractivity contribution in [3.63, 3.8) is 0 Å². The van der Waals surface area contributed by atoms with Crippen LogP contribution in [0.5, 0.6) is 0 Å². The number of benzene rings is 2. The minimum absolute atomic E-state index is 0.640. The number of aryl methyl sites for hydroxylation is 1. The second kappa shape index (κ2) is 2.94. The van der Waals surface area contributed by atoms with Crippen molar-refractivity contribution in [1.29, 1.82) is 0 Å². The number of fused-ring (bicyclic) bond motifs is 3. The summed E-state index contributed by atoms with van der Waals surface area (Å²) < 4.78 is 1.17. The van der Waals surface area contributed by atoms with Crippen LogP contribution in [0.4, 0.5) is 5.13 Å². The first kappa shape index (κ1) is 8.68. The predicted octanol–water partition coefficient (Wildman–Crippen LogP) is 3.34. The molecule has 0 aliphatic carbocycles. The fraction of sp³-hybridized carbons (Fsp3) is 0.0833. The van der Waals surface area contributed by atoms with E-state index in [0.29, 0.717) is 5.13 Å². The lowest BCUT2D eigenvalue weighted by atomic mass is 10.0. The minimum Gasteiger partial charge on any atom is -0.375 e. The van der Waals surface area contributed by atoms with Gasteiger partial charge in [-0.3, -0.25) is 0 Å². The van der Waals surface area contributed by atoms with Gasteiger partial charge in [0.2, 0.25) is 0 Å². The molecule has 2 N–H and O–H groups in total. The van der Waals surface area contributed by atoms with Gasteiger partial charge >= 0.3 is 0 Å². The topological polar surface area (TPSA) is 38.9 Å². The van der Waals surface area contributed by atoms with Crippen molar-refractivity contribution in [3.8, 4) is 0 Å². The van der Waals surface area contributed by atoms with Gasteiger partial charge in [-0.25, -0.2) is 4.98 Å². The summed E-state index contributed by atoms with van der Waals surface area (Å²) in [6.07, 6.45) is 0. The molecule has 0 radical (unpaired) electrons.